The first-order valence-electron chi connectivity index (χ1n) is 11.3. The van der Waals surface area contributed by atoms with E-state index >= 15 is 0 Å². The number of hydrogen-bond donors (Lipinski definition) is 2. The van der Waals surface area contributed by atoms with Crippen molar-refractivity contribution >= 4 is 5.78 Å². The van der Waals surface area contributed by atoms with E-state index in [1.807, 2.05) is 0 Å². The highest BCUT2D eigenvalue weighted by Crippen LogP contribution is 2.86. The van der Waals surface area contributed by atoms with E-state index in [4.69, 9.17) is 0 Å². The predicted molar refractivity (Wildman–Crippen MR) is 107 cm³/mol. The third-order valence-electron chi connectivity index (χ3n) is 10.7. The summed E-state index contributed by atoms with van der Waals surface area (Å²) in [5, 5.41) is 13.1. The third kappa shape index (κ3) is 1.99. The summed E-state index contributed by atoms with van der Waals surface area (Å²) in [6, 6.07) is 0.651. The lowest BCUT2D eigenvalue weighted by Crippen LogP contribution is -2.56. The summed E-state index contributed by atoms with van der Waals surface area (Å²) in [5.74, 6) is 2.24. The van der Waals surface area contributed by atoms with Crippen molar-refractivity contribution in [3.8, 4) is 0 Å². The Kier molecular flexibility index (Phi) is 3.72. The zero-order valence-corrected chi connectivity index (χ0v) is 17.6. The van der Waals surface area contributed by atoms with Crippen molar-refractivity contribution in [2.24, 2.45) is 39.4 Å². The Hall–Kier alpha value is -0.670. The van der Waals surface area contributed by atoms with Crippen LogP contribution in [0.3, 0.4) is 0 Å². The SMILES string of the molecule is CN[C@H]1CC[C@]23C[C@]24CC[C@]2(C)C(C(=O)CO)=CCC2[C@@H]4CCC3C1(C)C. The fraction of sp³-hybridized carbons (Fsp3) is 0.875. The lowest BCUT2D eigenvalue weighted by molar-refractivity contribution is -0.121. The maximum Gasteiger partial charge on any atom is 0.184 e. The van der Waals surface area contributed by atoms with Crippen LogP contribution in [0.15, 0.2) is 11.6 Å². The molecule has 0 aromatic carbocycles. The molecule has 0 heterocycles. The van der Waals surface area contributed by atoms with Crippen molar-refractivity contribution in [2.75, 3.05) is 13.7 Å². The molecule has 150 valence electrons. The van der Waals surface area contributed by atoms with E-state index in [2.05, 4.69) is 39.2 Å². The van der Waals surface area contributed by atoms with Gasteiger partial charge in [-0.05, 0) is 103 Å². The molecule has 0 aliphatic heterocycles. The number of fused-ring (bicyclic) bond motifs is 2. The Balaban J connectivity index is 1.47. The van der Waals surface area contributed by atoms with Crippen LogP contribution in [0.1, 0.15) is 72.1 Å². The first-order chi connectivity index (χ1) is 12.8. The van der Waals surface area contributed by atoms with Gasteiger partial charge in [-0.2, -0.15) is 0 Å². The number of allylic oxidation sites excluding steroid dienone is 1. The molecule has 4 fully saturated rings. The lowest BCUT2D eigenvalue weighted by Gasteiger charge is -2.59. The fourth-order valence-corrected chi connectivity index (χ4v) is 9.49. The molecule has 0 bridgehead atoms. The molecule has 5 rings (SSSR count). The zero-order valence-electron chi connectivity index (χ0n) is 17.6. The van der Waals surface area contributed by atoms with Gasteiger partial charge in [0.15, 0.2) is 5.78 Å². The van der Waals surface area contributed by atoms with Gasteiger partial charge in [0.1, 0.15) is 6.61 Å². The average molecular weight is 372 g/mol. The molecule has 2 N–H and O–H groups in total. The second-order valence-corrected chi connectivity index (χ2v) is 11.4. The standard InChI is InChI=1S/C24H37NO2/c1-21(2)19-8-7-16-15-5-6-17(18(27)13-26)22(15,3)11-12-23(16)14-24(19,23)10-9-20(21)25-4/h6,15-16,19-20,25-26H,5,7-14H2,1-4H3/t15?,16-,19?,20-,22-,23-,24+/m0/s1. The van der Waals surface area contributed by atoms with Crippen LogP contribution in [0.4, 0.5) is 0 Å². The van der Waals surface area contributed by atoms with E-state index in [1.54, 1.807) is 0 Å². The molecule has 3 heteroatoms. The Morgan fingerprint density at radius 1 is 1.11 bits per heavy atom. The van der Waals surface area contributed by atoms with E-state index in [9.17, 15) is 9.90 Å². The smallest absolute Gasteiger partial charge is 0.184 e. The summed E-state index contributed by atoms with van der Waals surface area (Å²) in [6.45, 7) is 7.05. The molecule has 2 spiro atoms. The summed E-state index contributed by atoms with van der Waals surface area (Å²) in [4.78, 5) is 12.4. The highest BCUT2D eigenvalue weighted by Gasteiger charge is 2.79. The van der Waals surface area contributed by atoms with E-state index < -0.39 is 0 Å². The molecule has 0 amide bonds. The van der Waals surface area contributed by atoms with Gasteiger partial charge in [0, 0.05) is 6.04 Å². The van der Waals surface area contributed by atoms with Gasteiger partial charge in [0.2, 0.25) is 0 Å². The second kappa shape index (κ2) is 5.48. The average Bonchev–Trinajstić information content (AvgIpc) is 3.17. The zero-order chi connectivity index (χ0) is 19.2. The van der Waals surface area contributed by atoms with Crippen LogP contribution in [-0.2, 0) is 4.79 Å². The van der Waals surface area contributed by atoms with Crippen LogP contribution in [0.25, 0.3) is 0 Å². The molecule has 0 radical (unpaired) electrons. The van der Waals surface area contributed by atoms with E-state index in [-0.39, 0.29) is 17.8 Å². The lowest BCUT2D eigenvalue weighted by atomic mass is 9.46. The molecule has 4 saturated carbocycles. The Morgan fingerprint density at radius 2 is 1.89 bits per heavy atom. The highest BCUT2D eigenvalue weighted by molar-refractivity contribution is 5.98. The van der Waals surface area contributed by atoms with E-state index in [1.165, 1.54) is 38.5 Å². The Labute approximate surface area is 164 Å². The van der Waals surface area contributed by atoms with Gasteiger partial charge in [0.25, 0.3) is 0 Å². The van der Waals surface area contributed by atoms with Crippen LogP contribution in [0, 0.1) is 39.4 Å². The largest absolute Gasteiger partial charge is 0.388 e. The van der Waals surface area contributed by atoms with Crippen LogP contribution >= 0.6 is 0 Å². The molecule has 5 aliphatic rings. The maximum absolute atomic E-state index is 12.4. The van der Waals surface area contributed by atoms with Crippen LogP contribution < -0.4 is 5.32 Å². The van der Waals surface area contributed by atoms with Crippen molar-refractivity contribution in [2.45, 2.75) is 78.2 Å². The Bertz CT molecular complexity index is 711. The van der Waals surface area contributed by atoms with Crippen molar-refractivity contribution in [3.05, 3.63) is 11.6 Å². The van der Waals surface area contributed by atoms with Crippen molar-refractivity contribution in [3.63, 3.8) is 0 Å². The molecule has 3 nitrogen and oxygen atoms in total. The van der Waals surface area contributed by atoms with Gasteiger partial charge in [-0.1, -0.05) is 26.8 Å². The summed E-state index contributed by atoms with van der Waals surface area (Å²) in [7, 11) is 2.15. The number of aliphatic hydroxyl groups is 1. The molecule has 0 aromatic rings. The fourth-order valence-electron chi connectivity index (χ4n) is 9.49. The maximum atomic E-state index is 12.4. The summed E-state index contributed by atoms with van der Waals surface area (Å²) < 4.78 is 0. The molecular weight excluding hydrogens is 334 g/mol. The first-order valence-corrected chi connectivity index (χ1v) is 11.3. The van der Waals surface area contributed by atoms with Crippen molar-refractivity contribution in [1.29, 1.82) is 0 Å². The number of nitrogens with one attached hydrogen (secondary N) is 1. The van der Waals surface area contributed by atoms with E-state index in [0.29, 0.717) is 28.2 Å². The van der Waals surface area contributed by atoms with E-state index in [0.717, 1.165) is 30.3 Å². The van der Waals surface area contributed by atoms with Crippen molar-refractivity contribution < 1.29 is 9.90 Å². The van der Waals surface area contributed by atoms with Crippen LogP contribution in [-0.4, -0.2) is 30.6 Å². The monoisotopic (exact) mass is 371 g/mol. The molecular formula is C24H37NO2. The molecule has 7 atom stereocenters. The summed E-state index contributed by atoms with van der Waals surface area (Å²) in [5.41, 5.74) is 2.50. The van der Waals surface area contributed by atoms with Gasteiger partial charge in [-0.25, -0.2) is 0 Å². The molecule has 27 heavy (non-hydrogen) atoms. The van der Waals surface area contributed by atoms with Gasteiger partial charge in [-0.15, -0.1) is 0 Å². The first kappa shape index (κ1) is 18.4. The number of carbonyl (C=O) groups is 1. The minimum Gasteiger partial charge on any atom is -0.388 e. The van der Waals surface area contributed by atoms with Crippen LogP contribution in [0.5, 0.6) is 0 Å². The van der Waals surface area contributed by atoms with Crippen molar-refractivity contribution in [1.82, 2.24) is 5.32 Å². The topological polar surface area (TPSA) is 49.3 Å². The number of aliphatic hydroxyl groups excluding tert-OH is 1. The molecule has 2 unspecified atom stereocenters. The minimum absolute atomic E-state index is 0.0179. The normalized spacial score (nSPS) is 52.1. The quantitative estimate of drug-likeness (QED) is 0.785. The number of hydrogen-bond acceptors (Lipinski definition) is 3. The molecule has 0 saturated heterocycles. The number of ketones is 1. The van der Waals surface area contributed by atoms with Gasteiger partial charge in [-0.3, -0.25) is 4.79 Å². The predicted octanol–water partition coefficient (Wildman–Crippen LogP) is 4.10. The van der Waals surface area contributed by atoms with Gasteiger partial charge < -0.3 is 10.4 Å². The third-order valence-corrected chi connectivity index (χ3v) is 10.7. The molecule has 5 aliphatic carbocycles. The number of Topliss-reactive ketones (excluding diaryl/α,β-unsaturated/α-hetero) is 1. The summed E-state index contributed by atoms with van der Waals surface area (Å²) in [6.07, 6.45) is 12.6. The van der Waals surface area contributed by atoms with Gasteiger partial charge >= 0.3 is 0 Å². The Morgan fingerprint density at radius 3 is 2.59 bits per heavy atom. The van der Waals surface area contributed by atoms with Crippen LogP contribution in [0.2, 0.25) is 0 Å². The number of rotatable bonds is 3. The second-order valence-electron chi connectivity index (χ2n) is 11.4. The van der Waals surface area contributed by atoms with Gasteiger partial charge in [0.05, 0.1) is 0 Å². The number of carbonyl (C=O) groups excluding carboxylic acids is 1. The molecule has 0 aromatic heterocycles. The highest BCUT2D eigenvalue weighted by atomic mass is 16.3. The minimum atomic E-state index is -0.324. The summed E-state index contributed by atoms with van der Waals surface area (Å²) >= 11 is 0.